The number of nitrogens with one attached hydrogen (secondary N) is 1. The minimum absolute atomic E-state index is 0. The second-order valence-electron chi connectivity index (χ2n) is 6.44. The highest BCUT2D eigenvalue weighted by atomic mass is 127. The summed E-state index contributed by atoms with van der Waals surface area (Å²) >= 11 is 1.77. The van der Waals surface area contributed by atoms with Gasteiger partial charge in [-0.3, -0.25) is 9.79 Å². The first-order valence-electron chi connectivity index (χ1n) is 9.09. The number of aryl methyl sites for hydroxylation is 1. The number of likely N-dealkylation sites (tertiary alicyclic amines) is 1. The van der Waals surface area contributed by atoms with Gasteiger partial charge in [-0.05, 0) is 31.4 Å². The van der Waals surface area contributed by atoms with Crippen LogP contribution < -0.4 is 5.32 Å². The van der Waals surface area contributed by atoms with Gasteiger partial charge in [0.25, 0.3) is 0 Å². The Morgan fingerprint density at radius 3 is 2.78 bits per heavy atom. The van der Waals surface area contributed by atoms with Crippen molar-refractivity contribution >= 4 is 57.5 Å². The number of hydrogen-bond acceptors (Lipinski definition) is 5. The van der Waals surface area contributed by atoms with Crippen molar-refractivity contribution in [2.75, 3.05) is 33.8 Å². The third kappa shape index (κ3) is 5.78. The third-order valence-electron chi connectivity index (χ3n) is 4.73. The molecular formula is C19H27IN4O2S. The number of aromatic nitrogens is 1. The quantitative estimate of drug-likeness (QED) is 0.224. The number of halogens is 1. The summed E-state index contributed by atoms with van der Waals surface area (Å²) in [6, 6.07) is 8.27. The molecule has 2 heterocycles. The van der Waals surface area contributed by atoms with Crippen molar-refractivity contribution in [1.82, 2.24) is 15.2 Å². The molecule has 0 atom stereocenters. The van der Waals surface area contributed by atoms with Crippen LogP contribution in [0.1, 0.15) is 24.3 Å². The number of para-hydroxylation sites is 1. The number of aliphatic imine (C=N–C) groups is 1. The highest BCUT2D eigenvalue weighted by molar-refractivity contribution is 14.0. The van der Waals surface area contributed by atoms with E-state index in [-0.39, 0.29) is 35.9 Å². The van der Waals surface area contributed by atoms with Gasteiger partial charge >= 0.3 is 5.97 Å². The van der Waals surface area contributed by atoms with Crippen LogP contribution in [-0.4, -0.2) is 55.6 Å². The first-order valence-corrected chi connectivity index (χ1v) is 9.90. The molecule has 8 heteroatoms. The number of guanidine groups is 1. The lowest BCUT2D eigenvalue weighted by atomic mass is 9.97. The Morgan fingerprint density at radius 2 is 2.11 bits per heavy atom. The maximum Gasteiger partial charge on any atom is 0.308 e. The summed E-state index contributed by atoms with van der Waals surface area (Å²) in [5, 5.41) is 4.62. The summed E-state index contributed by atoms with van der Waals surface area (Å²) in [5.41, 5.74) is 1.09. The van der Waals surface area contributed by atoms with Gasteiger partial charge in [-0.15, -0.1) is 35.3 Å². The molecule has 1 aliphatic heterocycles. The van der Waals surface area contributed by atoms with Crippen LogP contribution in [-0.2, 0) is 16.0 Å². The van der Waals surface area contributed by atoms with Gasteiger partial charge in [0.2, 0.25) is 0 Å². The molecule has 0 radical (unpaired) electrons. The smallest absolute Gasteiger partial charge is 0.308 e. The molecule has 0 bridgehead atoms. The summed E-state index contributed by atoms with van der Waals surface area (Å²) in [6.07, 6.45) is 3.61. The van der Waals surface area contributed by atoms with Crippen molar-refractivity contribution in [1.29, 1.82) is 0 Å². The van der Waals surface area contributed by atoms with Crippen LogP contribution in [0.2, 0.25) is 0 Å². The fourth-order valence-electron chi connectivity index (χ4n) is 3.29. The number of nitrogens with zero attached hydrogens (tertiary/aromatic N) is 3. The van der Waals surface area contributed by atoms with Gasteiger partial charge < -0.3 is 15.0 Å². The fourth-order valence-corrected chi connectivity index (χ4v) is 4.30. The van der Waals surface area contributed by atoms with Gasteiger partial charge in [0, 0.05) is 33.1 Å². The summed E-state index contributed by atoms with van der Waals surface area (Å²) in [5.74, 6) is 0.842. The second-order valence-corrected chi connectivity index (χ2v) is 7.55. The number of carbonyl (C=O) groups is 1. The van der Waals surface area contributed by atoms with Crippen LogP contribution in [0, 0.1) is 5.92 Å². The van der Waals surface area contributed by atoms with Crippen LogP contribution in [0.4, 0.5) is 0 Å². The number of rotatable bonds is 5. The summed E-state index contributed by atoms with van der Waals surface area (Å²) in [7, 11) is 3.27. The van der Waals surface area contributed by atoms with Gasteiger partial charge in [0.1, 0.15) is 0 Å². The number of piperidine rings is 1. The van der Waals surface area contributed by atoms with E-state index < -0.39 is 0 Å². The number of esters is 1. The van der Waals surface area contributed by atoms with E-state index in [2.05, 4.69) is 38.4 Å². The number of hydrogen-bond donors (Lipinski definition) is 1. The molecule has 0 aliphatic carbocycles. The maximum absolute atomic E-state index is 11.6. The molecule has 148 valence electrons. The molecule has 1 saturated heterocycles. The highest BCUT2D eigenvalue weighted by Crippen LogP contribution is 2.22. The lowest BCUT2D eigenvalue weighted by Gasteiger charge is -2.33. The second kappa shape index (κ2) is 10.8. The number of methoxy groups -OCH3 is 1. The molecule has 0 unspecified atom stereocenters. The van der Waals surface area contributed by atoms with Gasteiger partial charge in [-0.1, -0.05) is 12.1 Å². The van der Waals surface area contributed by atoms with Gasteiger partial charge in [-0.2, -0.15) is 0 Å². The van der Waals surface area contributed by atoms with Crippen LogP contribution in [0.5, 0.6) is 0 Å². The molecule has 1 aromatic carbocycles. The van der Waals surface area contributed by atoms with E-state index in [1.54, 1.807) is 11.3 Å². The van der Waals surface area contributed by atoms with Crippen LogP contribution in [0.25, 0.3) is 10.2 Å². The average Bonchev–Trinajstić information content (AvgIpc) is 3.10. The summed E-state index contributed by atoms with van der Waals surface area (Å²) in [4.78, 5) is 22.9. The van der Waals surface area contributed by atoms with E-state index in [1.807, 2.05) is 13.1 Å². The van der Waals surface area contributed by atoms with Crippen LogP contribution in [0.3, 0.4) is 0 Å². The Labute approximate surface area is 181 Å². The summed E-state index contributed by atoms with van der Waals surface area (Å²) in [6.45, 7) is 2.52. The van der Waals surface area contributed by atoms with Crippen molar-refractivity contribution in [2.45, 2.75) is 25.7 Å². The Kier molecular flexibility index (Phi) is 8.75. The SMILES string of the molecule is CN=C(NCCCc1nc2ccccc2s1)N1CCC(C(=O)OC)CC1.I. The minimum atomic E-state index is -0.0940. The van der Waals surface area contributed by atoms with Crippen LogP contribution in [0.15, 0.2) is 29.3 Å². The lowest BCUT2D eigenvalue weighted by molar-refractivity contribution is -0.146. The first kappa shape index (κ1) is 21.9. The average molecular weight is 502 g/mol. The normalized spacial score (nSPS) is 15.5. The van der Waals surface area contributed by atoms with Crippen molar-refractivity contribution in [3.63, 3.8) is 0 Å². The zero-order chi connectivity index (χ0) is 18.4. The fraction of sp³-hybridized carbons (Fsp3) is 0.526. The highest BCUT2D eigenvalue weighted by Gasteiger charge is 2.26. The van der Waals surface area contributed by atoms with E-state index in [4.69, 9.17) is 4.74 Å². The van der Waals surface area contributed by atoms with Crippen molar-refractivity contribution in [3.8, 4) is 0 Å². The van der Waals surface area contributed by atoms with Gasteiger partial charge in [-0.25, -0.2) is 4.98 Å². The van der Waals surface area contributed by atoms with E-state index in [9.17, 15) is 4.79 Å². The van der Waals surface area contributed by atoms with E-state index in [1.165, 1.54) is 16.8 Å². The minimum Gasteiger partial charge on any atom is -0.469 e. The van der Waals surface area contributed by atoms with E-state index in [0.29, 0.717) is 0 Å². The molecule has 2 aromatic rings. The third-order valence-corrected chi connectivity index (χ3v) is 5.83. The molecule has 3 rings (SSSR count). The lowest BCUT2D eigenvalue weighted by Crippen LogP contribution is -2.46. The molecule has 0 spiro atoms. The number of fused-ring (bicyclic) bond motifs is 1. The topological polar surface area (TPSA) is 66.8 Å². The Hall–Kier alpha value is -1.42. The van der Waals surface area contributed by atoms with Crippen molar-refractivity contribution < 1.29 is 9.53 Å². The molecule has 6 nitrogen and oxygen atoms in total. The predicted molar refractivity (Wildman–Crippen MR) is 121 cm³/mol. The molecule has 27 heavy (non-hydrogen) atoms. The van der Waals surface area contributed by atoms with Gasteiger partial charge in [0.15, 0.2) is 5.96 Å². The molecule has 0 saturated carbocycles. The Bertz CT molecular complexity index is 739. The standard InChI is InChI=1S/C19H26N4O2S.HI/c1-20-19(23-12-9-14(10-13-23)18(24)25-2)21-11-5-8-17-22-15-6-3-4-7-16(15)26-17;/h3-4,6-7,14H,5,8-13H2,1-2H3,(H,20,21);1H. The molecule has 1 aliphatic rings. The maximum atomic E-state index is 11.6. The van der Waals surface area contributed by atoms with Gasteiger partial charge in [0.05, 0.1) is 28.3 Å². The molecule has 0 amide bonds. The van der Waals surface area contributed by atoms with Crippen molar-refractivity contribution in [3.05, 3.63) is 29.3 Å². The number of thiazole rings is 1. The largest absolute Gasteiger partial charge is 0.469 e. The number of benzene rings is 1. The first-order chi connectivity index (χ1) is 12.7. The molecular weight excluding hydrogens is 475 g/mol. The van der Waals surface area contributed by atoms with Crippen LogP contribution >= 0.6 is 35.3 Å². The van der Waals surface area contributed by atoms with Crippen molar-refractivity contribution in [2.24, 2.45) is 10.9 Å². The Morgan fingerprint density at radius 1 is 1.37 bits per heavy atom. The molecule has 1 N–H and O–H groups in total. The van der Waals surface area contributed by atoms with E-state index >= 15 is 0 Å². The molecule has 1 aromatic heterocycles. The Balaban J connectivity index is 0.00000261. The zero-order valence-corrected chi connectivity index (χ0v) is 19.0. The summed E-state index contributed by atoms with van der Waals surface area (Å²) < 4.78 is 6.10. The van der Waals surface area contributed by atoms with E-state index in [0.717, 1.165) is 56.8 Å². The zero-order valence-electron chi connectivity index (χ0n) is 15.8. The predicted octanol–water partition coefficient (Wildman–Crippen LogP) is 3.31. The number of carbonyl (C=O) groups excluding carboxylic acids is 1. The molecule has 1 fully saturated rings. The monoisotopic (exact) mass is 502 g/mol. The number of ether oxygens (including phenoxy) is 1.